The Bertz CT molecular complexity index is 795. The number of carbonyl (C=O) groups excluding carboxylic acids is 2. The maximum Gasteiger partial charge on any atom is 0.245 e. The summed E-state index contributed by atoms with van der Waals surface area (Å²) in [5, 5.41) is 2.13. The van der Waals surface area contributed by atoms with Crippen LogP contribution >= 0.6 is 11.3 Å². The van der Waals surface area contributed by atoms with Gasteiger partial charge in [-0.3, -0.25) is 14.5 Å². The highest BCUT2D eigenvalue weighted by molar-refractivity contribution is 7.09. The van der Waals surface area contributed by atoms with Crippen LogP contribution in [0.25, 0.3) is 0 Å². The van der Waals surface area contributed by atoms with Gasteiger partial charge in [0.15, 0.2) is 0 Å². The van der Waals surface area contributed by atoms with Gasteiger partial charge in [-0.2, -0.15) is 0 Å². The van der Waals surface area contributed by atoms with Crippen LogP contribution in [-0.2, 0) is 16.1 Å². The number of carbonyl (C=O) groups is 2. The zero-order chi connectivity index (χ0) is 21.0. The molecule has 2 amide bonds. The minimum absolute atomic E-state index is 0.128. The summed E-state index contributed by atoms with van der Waals surface area (Å²) in [6.07, 6.45) is 9.17. The van der Waals surface area contributed by atoms with Gasteiger partial charge < -0.3 is 9.80 Å². The van der Waals surface area contributed by atoms with E-state index >= 15 is 0 Å². The minimum Gasteiger partial charge on any atom is -0.338 e. The molecule has 2 saturated heterocycles. The van der Waals surface area contributed by atoms with Crippen LogP contribution in [0.1, 0.15) is 56.2 Å². The van der Waals surface area contributed by atoms with E-state index in [9.17, 15) is 9.59 Å². The first-order valence-corrected chi connectivity index (χ1v) is 13.3. The van der Waals surface area contributed by atoms with Crippen molar-refractivity contribution in [3.63, 3.8) is 0 Å². The molecular weight excluding hydrogens is 406 g/mol. The van der Waals surface area contributed by atoms with Crippen molar-refractivity contribution in [1.82, 2.24) is 14.7 Å². The summed E-state index contributed by atoms with van der Waals surface area (Å²) in [6, 6.07) is 4.09. The minimum atomic E-state index is -0.204. The molecule has 1 atom stereocenters. The van der Waals surface area contributed by atoms with Crippen molar-refractivity contribution in [2.24, 2.45) is 23.2 Å². The van der Waals surface area contributed by atoms with Gasteiger partial charge >= 0.3 is 0 Å². The van der Waals surface area contributed by atoms with Crippen LogP contribution in [0.3, 0.4) is 0 Å². The van der Waals surface area contributed by atoms with Crippen LogP contribution < -0.4 is 0 Å². The standard InChI is InChI=1S/C25H35N3O2S/c29-23(27-8-6-26(7-9-27)17-21-3-2-10-31-21)22-4-1-5-28(22)24(30)25-14-18-11-19(15-25)13-20(12-18)16-25/h2-3,10,18-20,22H,1,4-9,11-17H2. The topological polar surface area (TPSA) is 43.9 Å². The molecule has 3 heterocycles. The molecule has 0 N–H and O–H groups in total. The Balaban J connectivity index is 1.10. The highest BCUT2D eigenvalue weighted by atomic mass is 32.1. The highest BCUT2D eigenvalue weighted by Gasteiger charge is 2.57. The summed E-state index contributed by atoms with van der Waals surface area (Å²) in [4.78, 5) is 35.3. The van der Waals surface area contributed by atoms with Crippen molar-refractivity contribution >= 4 is 23.2 Å². The van der Waals surface area contributed by atoms with Crippen molar-refractivity contribution in [3.05, 3.63) is 22.4 Å². The second kappa shape index (κ2) is 7.87. The first-order chi connectivity index (χ1) is 15.1. The number of nitrogens with zero attached hydrogens (tertiary/aromatic N) is 3. The largest absolute Gasteiger partial charge is 0.338 e. The Morgan fingerprint density at radius 1 is 0.968 bits per heavy atom. The van der Waals surface area contributed by atoms with Crippen LogP contribution in [0.4, 0.5) is 0 Å². The lowest BCUT2D eigenvalue weighted by molar-refractivity contribution is -0.162. The number of amides is 2. The fourth-order valence-electron chi connectivity index (χ4n) is 7.90. The van der Waals surface area contributed by atoms with Gasteiger partial charge in [0.1, 0.15) is 6.04 Å². The first-order valence-electron chi connectivity index (χ1n) is 12.4. The average Bonchev–Trinajstić information content (AvgIpc) is 3.44. The fraction of sp³-hybridized carbons (Fsp3) is 0.760. The molecule has 1 aromatic heterocycles. The van der Waals surface area contributed by atoms with E-state index in [4.69, 9.17) is 0 Å². The van der Waals surface area contributed by atoms with Crippen molar-refractivity contribution < 1.29 is 9.59 Å². The molecule has 6 heteroatoms. The number of hydrogen-bond donors (Lipinski definition) is 0. The molecule has 0 spiro atoms. The predicted molar refractivity (Wildman–Crippen MR) is 122 cm³/mol. The third kappa shape index (κ3) is 3.64. The SMILES string of the molecule is O=C(C1CCCN1C(=O)C12CC3CC(CC(C3)C1)C2)N1CCN(Cc2cccs2)CC1. The van der Waals surface area contributed by atoms with Crippen LogP contribution in [-0.4, -0.2) is 65.3 Å². The number of likely N-dealkylation sites (tertiary alicyclic amines) is 1. The lowest BCUT2D eigenvalue weighted by Gasteiger charge is -2.56. The Kier molecular flexibility index (Phi) is 5.14. The van der Waals surface area contributed by atoms with Gasteiger partial charge in [0.25, 0.3) is 0 Å². The Morgan fingerprint density at radius 3 is 2.26 bits per heavy atom. The molecule has 1 unspecified atom stereocenters. The molecule has 6 fully saturated rings. The molecule has 2 aliphatic heterocycles. The fourth-order valence-corrected chi connectivity index (χ4v) is 8.65. The Hall–Kier alpha value is -1.40. The van der Waals surface area contributed by atoms with Crippen LogP contribution in [0.2, 0.25) is 0 Å². The smallest absolute Gasteiger partial charge is 0.245 e. The zero-order valence-electron chi connectivity index (χ0n) is 18.5. The van der Waals surface area contributed by atoms with Gasteiger partial charge in [-0.15, -0.1) is 11.3 Å². The summed E-state index contributed by atoms with van der Waals surface area (Å²) in [7, 11) is 0. The molecule has 4 aliphatic carbocycles. The molecule has 6 aliphatic rings. The molecule has 0 aromatic carbocycles. The van der Waals surface area contributed by atoms with Gasteiger partial charge in [-0.1, -0.05) is 6.07 Å². The summed E-state index contributed by atoms with van der Waals surface area (Å²) < 4.78 is 0. The number of rotatable bonds is 4. The summed E-state index contributed by atoms with van der Waals surface area (Å²) in [5.41, 5.74) is -0.128. The zero-order valence-corrected chi connectivity index (χ0v) is 19.3. The number of piperazine rings is 1. The number of thiophene rings is 1. The van der Waals surface area contributed by atoms with Crippen LogP contribution in [0.15, 0.2) is 17.5 Å². The molecule has 4 bridgehead atoms. The van der Waals surface area contributed by atoms with Crippen molar-refractivity contribution in [2.45, 2.75) is 64.0 Å². The maximum atomic E-state index is 13.9. The third-order valence-corrected chi connectivity index (χ3v) is 9.80. The van der Waals surface area contributed by atoms with Crippen molar-refractivity contribution in [1.29, 1.82) is 0 Å². The van der Waals surface area contributed by atoms with E-state index in [1.165, 1.54) is 24.1 Å². The molecule has 31 heavy (non-hydrogen) atoms. The first kappa shape index (κ1) is 20.2. The lowest BCUT2D eigenvalue weighted by Crippen LogP contribution is -2.58. The van der Waals surface area contributed by atoms with E-state index in [0.29, 0.717) is 5.91 Å². The van der Waals surface area contributed by atoms with E-state index in [1.54, 1.807) is 11.3 Å². The van der Waals surface area contributed by atoms with Crippen molar-refractivity contribution in [3.8, 4) is 0 Å². The molecule has 7 rings (SSSR count). The predicted octanol–water partition coefficient (Wildman–Crippen LogP) is 3.60. The van der Waals surface area contributed by atoms with Crippen LogP contribution in [0.5, 0.6) is 0 Å². The quantitative estimate of drug-likeness (QED) is 0.717. The van der Waals surface area contributed by atoms with Gasteiger partial charge in [0.05, 0.1) is 5.41 Å². The van der Waals surface area contributed by atoms with E-state index in [1.807, 2.05) is 9.80 Å². The van der Waals surface area contributed by atoms with E-state index < -0.39 is 0 Å². The third-order valence-electron chi connectivity index (χ3n) is 8.93. The molecule has 5 nitrogen and oxygen atoms in total. The summed E-state index contributed by atoms with van der Waals surface area (Å²) in [5.74, 6) is 2.86. The highest BCUT2D eigenvalue weighted by Crippen LogP contribution is 2.60. The monoisotopic (exact) mass is 441 g/mol. The maximum absolute atomic E-state index is 13.9. The Labute approximate surface area is 189 Å². The Morgan fingerprint density at radius 2 is 1.65 bits per heavy atom. The summed E-state index contributed by atoms with van der Waals surface area (Å²) in [6.45, 7) is 5.22. The van der Waals surface area contributed by atoms with Gasteiger partial charge in [0.2, 0.25) is 11.8 Å². The second-order valence-corrected chi connectivity index (χ2v) is 12.1. The molecular formula is C25H35N3O2S. The van der Waals surface area contributed by atoms with Gasteiger partial charge in [-0.25, -0.2) is 0 Å². The molecule has 168 valence electrons. The van der Waals surface area contributed by atoms with Crippen molar-refractivity contribution in [2.75, 3.05) is 32.7 Å². The average molecular weight is 442 g/mol. The molecule has 1 aromatic rings. The van der Waals surface area contributed by atoms with Gasteiger partial charge in [-0.05, 0) is 80.6 Å². The van der Waals surface area contributed by atoms with E-state index in [-0.39, 0.29) is 17.4 Å². The van der Waals surface area contributed by atoms with E-state index in [0.717, 1.165) is 89.1 Å². The van der Waals surface area contributed by atoms with Crippen LogP contribution in [0, 0.1) is 23.2 Å². The molecule has 4 saturated carbocycles. The number of hydrogen-bond acceptors (Lipinski definition) is 4. The normalized spacial score (nSPS) is 37.5. The lowest BCUT2D eigenvalue weighted by atomic mass is 9.49. The second-order valence-electron chi connectivity index (χ2n) is 11.0. The molecule has 0 radical (unpaired) electrons. The van der Waals surface area contributed by atoms with Gasteiger partial charge in [0, 0.05) is 44.1 Å². The summed E-state index contributed by atoms with van der Waals surface area (Å²) >= 11 is 1.80. The van der Waals surface area contributed by atoms with E-state index in [2.05, 4.69) is 22.4 Å².